The van der Waals surface area contributed by atoms with E-state index < -0.39 is 0 Å². The third kappa shape index (κ3) is 2.89. The molecule has 2 amide bonds. The van der Waals surface area contributed by atoms with Crippen LogP contribution in [0.1, 0.15) is 25.7 Å². The molecular formula is C9H13N3O2S. The van der Waals surface area contributed by atoms with Crippen LogP contribution in [0.3, 0.4) is 0 Å². The highest BCUT2D eigenvalue weighted by atomic mass is 32.1. The van der Waals surface area contributed by atoms with Gasteiger partial charge in [-0.1, -0.05) is 0 Å². The summed E-state index contributed by atoms with van der Waals surface area (Å²) in [6.45, 7) is 0. The summed E-state index contributed by atoms with van der Waals surface area (Å²) in [6.07, 6.45) is 3.15. The van der Waals surface area contributed by atoms with E-state index in [4.69, 9.17) is 12.2 Å². The van der Waals surface area contributed by atoms with Crippen LogP contribution in [0.15, 0.2) is 0 Å². The van der Waals surface area contributed by atoms with E-state index in [0.717, 1.165) is 12.8 Å². The lowest BCUT2D eigenvalue weighted by Crippen LogP contribution is -2.54. The molecule has 1 aliphatic heterocycles. The van der Waals surface area contributed by atoms with E-state index in [1.54, 1.807) is 0 Å². The minimum absolute atomic E-state index is 0.209. The Morgan fingerprint density at radius 3 is 2.60 bits per heavy atom. The first kappa shape index (κ1) is 10.4. The fourth-order valence-corrected chi connectivity index (χ4v) is 1.75. The van der Waals surface area contributed by atoms with E-state index in [0.29, 0.717) is 24.0 Å². The number of carbonyl (C=O) groups is 2. The molecule has 2 fully saturated rings. The zero-order valence-corrected chi connectivity index (χ0v) is 9.02. The van der Waals surface area contributed by atoms with Gasteiger partial charge < -0.3 is 10.6 Å². The highest BCUT2D eigenvalue weighted by molar-refractivity contribution is 7.80. The van der Waals surface area contributed by atoms with E-state index >= 15 is 0 Å². The Bertz CT molecular complexity index is 314. The summed E-state index contributed by atoms with van der Waals surface area (Å²) < 4.78 is 0. The standard InChI is InChI=1S/C9H13N3O2S/c13-7-4-3-6(8(14)12-7)11-9(15)10-5-1-2-5/h5-6H,1-4H2,(H2,10,11,15)(H,12,13,14). The fourth-order valence-electron chi connectivity index (χ4n) is 1.44. The number of hydrogen-bond donors (Lipinski definition) is 3. The SMILES string of the molecule is O=C1CCC(NC(=S)NC2CC2)C(=O)N1. The summed E-state index contributed by atoms with van der Waals surface area (Å²) in [7, 11) is 0. The lowest BCUT2D eigenvalue weighted by atomic mass is 10.1. The predicted molar refractivity (Wildman–Crippen MR) is 58.1 cm³/mol. The first-order valence-corrected chi connectivity index (χ1v) is 5.46. The van der Waals surface area contributed by atoms with Crippen molar-refractivity contribution in [3.05, 3.63) is 0 Å². The Balaban J connectivity index is 1.79. The molecule has 0 aromatic heterocycles. The number of amides is 2. The molecule has 5 nitrogen and oxygen atoms in total. The topological polar surface area (TPSA) is 70.2 Å². The second-order valence-corrected chi connectivity index (χ2v) is 4.30. The summed E-state index contributed by atoms with van der Waals surface area (Å²) in [5.41, 5.74) is 0. The number of carbonyl (C=O) groups excluding carboxylic acids is 2. The molecule has 3 N–H and O–H groups in total. The van der Waals surface area contributed by atoms with E-state index in [2.05, 4.69) is 16.0 Å². The normalized spacial score (nSPS) is 25.7. The highest BCUT2D eigenvalue weighted by Crippen LogP contribution is 2.18. The second kappa shape index (κ2) is 4.14. The summed E-state index contributed by atoms with van der Waals surface area (Å²) in [5, 5.41) is 8.79. The van der Waals surface area contributed by atoms with E-state index in [9.17, 15) is 9.59 Å². The molecule has 0 aromatic rings. The molecule has 1 aliphatic carbocycles. The number of rotatable bonds is 2. The molecule has 0 radical (unpaired) electrons. The van der Waals surface area contributed by atoms with Crippen molar-refractivity contribution in [3.8, 4) is 0 Å². The lowest BCUT2D eigenvalue weighted by molar-refractivity contribution is -0.134. The maximum Gasteiger partial charge on any atom is 0.249 e. The summed E-state index contributed by atoms with van der Waals surface area (Å²) in [4.78, 5) is 22.2. The van der Waals surface area contributed by atoms with Crippen molar-refractivity contribution in [2.45, 2.75) is 37.8 Å². The molecule has 0 bridgehead atoms. The van der Waals surface area contributed by atoms with Gasteiger partial charge in [0.1, 0.15) is 6.04 Å². The van der Waals surface area contributed by atoms with Gasteiger partial charge in [0.25, 0.3) is 0 Å². The Hall–Kier alpha value is -1.17. The van der Waals surface area contributed by atoms with E-state index in [-0.39, 0.29) is 17.9 Å². The quantitative estimate of drug-likeness (QED) is 0.435. The van der Waals surface area contributed by atoms with Gasteiger partial charge in [-0.15, -0.1) is 0 Å². The Kier molecular flexibility index (Phi) is 2.86. The van der Waals surface area contributed by atoms with Crippen LogP contribution in [0, 0.1) is 0 Å². The van der Waals surface area contributed by atoms with Crippen LogP contribution in [-0.4, -0.2) is 29.0 Å². The van der Waals surface area contributed by atoms with Gasteiger partial charge in [0.2, 0.25) is 11.8 Å². The molecule has 2 rings (SSSR count). The minimum atomic E-state index is -0.374. The van der Waals surface area contributed by atoms with Crippen LogP contribution in [0.4, 0.5) is 0 Å². The number of hydrogen-bond acceptors (Lipinski definition) is 3. The van der Waals surface area contributed by atoms with Crippen molar-refractivity contribution >= 4 is 29.1 Å². The van der Waals surface area contributed by atoms with Crippen molar-refractivity contribution in [2.75, 3.05) is 0 Å². The maximum absolute atomic E-state index is 11.4. The maximum atomic E-state index is 11.4. The van der Waals surface area contributed by atoms with Gasteiger partial charge in [-0.25, -0.2) is 0 Å². The molecule has 1 unspecified atom stereocenters. The van der Waals surface area contributed by atoms with Crippen LogP contribution in [0.2, 0.25) is 0 Å². The van der Waals surface area contributed by atoms with Gasteiger partial charge in [0, 0.05) is 12.5 Å². The lowest BCUT2D eigenvalue weighted by Gasteiger charge is -2.23. The van der Waals surface area contributed by atoms with Gasteiger partial charge in [-0.3, -0.25) is 14.9 Å². The molecule has 1 saturated carbocycles. The average Bonchev–Trinajstić information content (AvgIpc) is 2.94. The van der Waals surface area contributed by atoms with Crippen molar-refractivity contribution < 1.29 is 9.59 Å². The third-order valence-corrected chi connectivity index (χ3v) is 2.69. The van der Waals surface area contributed by atoms with E-state index in [1.807, 2.05) is 0 Å². The van der Waals surface area contributed by atoms with Gasteiger partial charge >= 0.3 is 0 Å². The second-order valence-electron chi connectivity index (χ2n) is 3.90. The molecule has 15 heavy (non-hydrogen) atoms. The highest BCUT2D eigenvalue weighted by Gasteiger charge is 2.28. The molecule has 1 saturated heterocycles. The molecule has 82 valence electrons. The molecule has 6 heteroatoms. The number of nitrogens with one attached hydrogen (secondary N) is 3. The Morgan fingerprint density at radius 2 is 2.00 bits per heavy atom. The van der Waals surface area contributed by atoms with Crippen molar-refractivity contribution in [1.82, 2.24) is 16.0 Å². The number of thiocarbonyl (C=S) groups is 1. The molecule has 0 spiro atoms. The Labute approximate surface area is 93.0 Å². The predicted octanol–water partition coefficient (Wildman–Crippen LogP) is -0.582. The first-order chi connectivity index (χ1) is 7.15. The van der Waals surface area contributed by atoms with Crippen LogP contribution in [-0.2, 0) is 9.59 Å². The van der Waals surface area contributed by atoms with Gasteiger partial charge in [0.05, 0.1) is 0 Å². The number of imide groups is 1. The van der Waals surface area contributed by atoms with Gasteiger partial charge in [0.15, 0.2) is 5.11 Å². The zero-order valence-electron chi connectivity index (χ0n) is 8.21. The third-order valence-electron chi connectivity index (χ3n) is 2.46. The smallest absolute Gasteiger partial charge is 0.249 e. The molecule has 1 atom stereocenters. The van der Waals surface area contributed by atoms with Crippen LogP contribution in [0.5, 0.6) is 0 Å². The largest absolute Gasteiger partial charge is 0.360 e. The minimum Gasteiger partial charge on any atom is -0.360 e. The monoisotopic (exact) mass is 227 g/mol. The Morgan fingerprint density at radius 1 is 1.27 bits per heavy atom. The van der Waals surface area contributed by atoms with Crippen molar-refractivity contribution in [1.29, 1.82) is 0 Å². The summed E-state index contributed by atoms with van der Waals surface area (Å²) >= 11 is 5.05. The van der Waals surface area contributed by atoms with Gasteiger partial charge in [-0.2, -0.15) is 0 Å². The van der Waals surface area contributed by atoms with Crippen LogP contribution < -0.4 is 16.0 Å². The summed E-state index contributed by atoms with van der Waals surface area (Å²) in [6, 6.07) is 0.0970. The fraction of sp³-hybridized carbons (Fsp3) is 0.667. The van der Waals surface area contributed by atoms with Crippen molar-refractivity contribution in [3.63, 3.8) is 0 Å². The molecule has 2 aliphatic rings. The van der Waals surface area contributed by atoms with Gasteiger partial charge in [-0.05, 0) is 31.5 Å². The molecule has 0 aromatic carbocycles. The van der Waals surface area contributed by atoms with Crippen LogP contribution in [0.25, 0.3) is 0 Å². The molecule has 1 heterocycles. The average molecular weight is 227 g/mol. The van der Waals surface area contributed by atoms with E-state index in [1.165, 1.54) is 0 Å². The van der Waals surface area contributed by atoms with Crippen LogP contribution >= 0.6 is 12.2 Å². The molecular weight excluding hydrogens is 214 g/mol. The first-order valence-electron chi connectivity index (χ1n) is 5.06. The zero-order chi connectivity index (χ0) is 10.8. The van der Waals surface area contributed by atoms with Crippen molar-refractivity contribution in [2.24, 2.45) is 0 Å². The number of piperidine rings is 1. The summed E-state index contributed by atoms with van der Waals surface area (Å²) in [5.74, 6) is -0.495.